The minimum atomic E-state index is -0.517. The summed E-state index contributed by atoms with van der Waals surface area (Å²) >= 11 is 0. The van der Waals surface area contributed by atoms with Gasteiger partial charge in [-0.2, -0.15) is 0 Å². The van der Waals surface area contributed by atoms with Crippen molar-refractivity contribution in [2.75, 3.05) is 13.1 Å². The van der Waals surface area contributed by atoms with E-state index < -0.39 is 11.8 Å². The highest BCUT2D eigenvalue weighted by Crippen LogP contribution is 2.11. The molecule has 2 rings (SSSR count). The molecule has 0 unspecified atom stereocenters. The molecule has 2 amide bonds. The van der Waals surface area contributed by atoms with Gasteiger partial charge in [0.25, 0.3) is 0 Å². The van der Waals surface area contributed by atoms with E-state index in [0.29, 0.717) is 32.1 Å². The Kier molecular flexibility index (Phi) is 3.64. The van der Waals surface area contributed by atoms with Gasteiger partial charge in [-0.15, -0.1) is 0 Å². The first-order valence-electron chi connectivity index (χ1n) is 6.14. The lowest BCUT2D eigenvalue weighted by Crippen LogP contribution is -2.46. The smallest absolute Gasteiger partial charge is 0.312 e. The first-order chi connectivity index (χ1) is 8.58. The van der Waals surface area contributed by atoms with Gasteiger partial charge in [0, 0.05) is 25.8 Å². The molecular weight excluding hydrogens is 232 g/mol. The molecule has 0 bridgehead atoms. The van der Waals surface area contributed by atoms with Gasteiger partial charge in [0.05, 0.1) is 18.6 Å². The number of fused-ring (bicyclic) bond motifs is 1. The third kappa shape index (κ3) is 2.69. The van der Waals surface area contributed by atoms with Crippen molar-refractivity contribution < 1.29 is 9.59 Å². The summed E-state index contributed by atoms with van der Waals surface area (Å²) in [7, 11) is 0. The molecule has 1 aromatic heterocycles. The van der Waals surface area contributed by atoms with E-state index in [1.54, 1.807) is 17.4 Å². The minimum absolute atomic E-state index is 0.338. The predicted molar refractivity (Wildman–Crippen MR) is 65.5 cm³/mol. The summed E-state index contributed by atoms with van der Waals surface area (Å²) in [5.74, 6) is -0.635. The summed E-state index contributed by atoms with van der Waals surface area (Å²) < 4.78 is 2.00. The SMILES string of the molecule is CC(C)CNC(=O)C(=O)N1CCn2cncc2C1. The quantitative estimate of drug-likeness (QED) is 0.751. The van der Waals surface area contributed by atoms with E-state index in [4.69, 9.17) is 0 Å². The standard InChI is InChI=1S/C12H18N4O2/c1-9(2)5-14-11(17)12(18)15-3-4-16-8-13-6-10(16)7-15/h6,8-9H,3-5,7H2,1-2H3,(H,14,17). The van der Waals surface area contributed by atoms with Gasteiger partial charge in [-0.05, 0) is 5.92 Å². The van der Waals surface area contributed by atoms with E-state index >= 15 is 0 Å². The lowest BCUT2D eigenvalue weighted by Gasteiger charge is -2.27. The van der Waals surface area contributed by atoms with Crippen molar-refractivity contribution in [3.05, 3.63) is 18.2 Å². The molecule has 1 aliphatic rings. The maximum atomic E-state index is 11.9. The maximum absolute atomic E-state index is 11.9. The second-order valence-electron chi connectivity index (χ2n) is 4.91. The van der Waals surface area contributed by atoms with Crippen LogP contribution in [0.25, 0.3) is 0 Å². The van der Waals surface area contributed by atoms with Crippen LogP contribution in [0.2, 0.25) is 0 Å². The van der Waals surface area contributed by atoms with Crippen molar-refractivity contribution in [2.24, 2.45) is 5.92 Å². The van der Waals surface area contributed by atoms with E-state index in [-0.39, 0.29) is 0 Å². The molecule has 0 radical (unpaired) electrons. The Morgan fingerprint density at radius 3 is 2.94 bits per heavy atom. The zero-order chi connectivity index (χ0) is 13.1. The van der Waals surface area contributed by atoms with Crippen molar-refractivity contribution in [3.8, 4) is 0 Å². The number of hydrogen-bond donors (Lipinski definition) is 1. The molecule has 1 aliphatic heterocycles. The molecule has 0 saturated heterocycles. The molecule has 0 atom stereocenters. The Hall–Kier alpha value is -1.85. The third-order valence-corrected chi connectivity index (χ3v) is 2.91. The number of nitrogens with zero attached hydrogens (tertiary/aromatic N) is 3. The van der Waals surface area contributed by atoms with Crippen LogP contribution in [0.4, 0.5) is 0 Å². The van der Waals surface area contributed by atoms with E-state index in [0.717, 1.165) is 5.69 Å². The predicted octanol–water partition coefficient (Wildman–Crippen LogP) is -0.00250. The number of carbonyl (C=O) groups excluding carboxylic acids is 2. The fourth-order valence-electron chi connectivity index (χ4n) is 1.87. The first-order valence-corrected chi connectivity index (χ1v) is 6.14. The van der Waals surface area contributed by atoms with Crippen LogP contribution in [0, 0.1) is 5.92 Å². The van der Waals surface area contributed by atoms with Gasteiger partial charge in [0.15, 0.2) is 0 Å². The van der Waals surface area contributed by atoms with E-state index in [2.05, 4.69) is 10.3 Å². The average Bonchev–Trinajstić information content (AvgIpc) is 2.81. The topological polar surface area (TPSA) is 67.2 Å². The highest BCUT2D eigenvalue weighted by Gasteiger charge is 2.25. The van der Waals surface area contributed by atoms with Crippen LogP contribution in [0.3, 0.4) is 0 Å². The van der Waals surface area contributed by atoms with Gasteiger partial charge in [-0.25, -0.2) is 4.98 Å². The van der Waals surface area contributed by atoms with Crippen LogP contribution in [-0.2, 0) is 22.7 Å². The minimum Gasteiger partial charge on any atom is -0.348 e. The van der Waals surface area contributed by atoms with Crippen molar-refractivity contribution in [2.45, 2.75) is 26.9 Å². The number of amides is 2. The van der Waals surface area contributed by atoms with Gasteiger partial charge in [0.1, 0.15) is 0 Å². The van der Waals surface area contributed by atoms with Crippen molar-refractivity contribution >= 4 is 11.8 Å². The maximum Gasteiger partial charge on any atom is 0.312 e. The fraction of sp³-hybridized carbons (Fsp3) is 0.583. The van der Waals surface area contributed by atoms with Crippen LogP contribution in [0.1, 0.15) is 19.5 Å². The average molecular weight is 250 g/mol. The van der Waals surface area contributed by atoms with Crippen molar-refractivity contribution in [1.29, 1.82) is 0 Å². The molecule has 1 aromatic rings. The molecule has 6 nitrogen and oxygen atoms in total. The van der Waals surface area contributed by atoms with Crippen LogP contribution in [0.5, 0.6) is 0 Å². The highest BCUT2D eigenvalue weighted by molar-refractivity contribution is 6.34. The Balaban J connectivity index is 1.93. The molecule has 2 heterocycles. The number of imidazole rings is 1. The van der Waals surface area contributed by atoms with Gasteiger partial charge in [-0.1, -0.05) is 13.8 Å². The molecular formula is C12H18N4O2. The molecule has 6 heteroatoms. The zero-order valence-electron chi connectivity index (χ0n) is 10.7. The van der Waals surface area contributed by atoms with Gasteiger partial charge >= 0.3 is 11.8 Å². The first kappa shape index (κ1) is 12.6. The van der Waals surface area contributed by atoms with Crippen LogP contribution in [0.15, 0.2) is 12.5 Å². The number of rotatable bonds is 2. The second kappa shape index (κ2) is 5.20. The summed E-state index contributed by atoms with van der Waals surface area (Å²) in [5.41, 5.74) is 0.964. The second-order valence-corrected chi connectivity index (χ2v) is 4.91. The Morgan fingerprint density at radius 1 is 1.44 bits per heavy atom. The normalized spacial score (nSPS) is 14.5. The van der Waals surface area contributed by atoms with Crippen molar-refractivity contribution in [3.63, 3.8) is 0 Å². The highest BCUT2D eigenvalue weighted by atomic mass is 16.2. The molecule has 18 heavy (non-hydrogen) atoms. The van der Waals surface area contributed by atoms with Gasteiger partial charge in [0.2, 0.25) is 0 Å². The summed E-state index contributed by atoms with van der Waals surface area (Å²) in [6.07, 6.45) is 3.47. The summed E-state index contributed by atoms with van der Waals surface area (Å²) in [4.78, 5) is 29.2. The Labute approximate surface area is 106 Å². The van der Waals surface area contributed by atoms with Crippen LogP contribution < -0.4 is 5.32 Å². The number of carbonyl (C=O) groups is 2. The van der Waals surface area contributed by atoms with E-state index in [1.165, 1.54) is 0 Å². The molecule has 0 fully saturated rings. The molecule has 0 aliphatic carbocycles. The number of nitrogens with one attached hydrogen (secondary N) is 1. The van der Waals surface area contributed by atoms with Crippen LogP contribution >= 0.6 is 0 Å². The lowest BCUT2D eigenvalue weighted by atomic mass is 10.2. The Bertz CT molecular complexity index is 453. The molecule has 0 saturated carbocycles. The molecule has 0 aromatic carbocycles. The van der Waals surface area contributed by atoms with Gasteiger partial charge in [-0.3, -0.25) is 9.59 Å². The number of aromatic nitrogens is 2. The molecule has 1 N–H and O–H groups in total. The number of hydrogen-bond acceptors (Lipinski definition) is 3. The monoisotopic (exact) mass is 250 g/mol. The summed E-state index contributed by atoms with van der Waals surface area (Å²) in [6, 6.07) is 0. The molecule has 98 valence electrons. The zero-order valence-corrected chi connectivity index (χ0v) is 10.7. The third-order valence-electron chi connectivity index (χ3n) is 2.91. The molecule has 0 spiro atoms. The van der Waals surface area contributed by atoms with Gasteiger partial charge < -0.3 is 14.8 Å². The summed E-state index contributed by atoms with van der Waals surface area (Å²) in [5, 5.41) is 2.64. The Morgan fingerprint density at radius 2 is 2.22 bits per heavy atom. The van der Waals surface area contributed by atoms with Crippen molar-refractivity contribution in [1.82, 2.24) is 19.8 Å². The van der Waals surface area contributed by atoms with E-state index in [9.17, 15) is 9.59 Å². The summed E-state index contributed by atoms with van der Waals surface area (Å²) in [6.45, 7) is 6.20. The van der Waals surface area contributed by atoms with E-state index in [1.807, 2.05) is 18.4 Å². The lowest BCUT2D eigenvalue weighted by molar-refractivity contribution is -0.146. The van der Waals surface area contributed by atoms with Crippen LogP contribution in [-0.4, -0.2) is 39.4 Å². The largest absolute Gasteiger partial charge is 0.348 e. The fourth-order valence-corrected chi connectivity index (χ4v) is 1.87.